The minimum absolute atomic E-state index is 0.139. The second-order valence-electron chi connectivity index (χ2n) is 6.29. The van der Waals surface area contributed by atoms with Gasteiger partial charge in [-0.15, -0.1) is 5.23 Å². The van der Waals surface area contributed by atoms with Crippen molar-refractivity contribution in [3.05, 3.63) is 28.6 Å². The summed E-state index contributed by atoms with van der Waals surface area (Å²) in [6.45, 7) is 2.22. The van der Waals surface area contributed by atoms with Gasteiger partial charge in [-0.3, -0.25) is 15.8 Å². The van der Waals surface area contributed by atoms with Crippen molar-refractivity contribution in [3.8, 4) is 0 Å². The maximum absolute atomic E-state index is 10.7. The second-order valence-corrected chi connectivity index (χ2v) is 6.29. The Morgan fingerprint density at radius 2 is 1.62 bits per heavy atom. The molecule has 0 atom stereocenters. The van der Waals surface area contributed by atoms with E-state index in [0.717, 1.165) is 18.9 Å². The van der Waals surface area contributed by atoms with Crippen LogP contribution in [0, 0.1) is 10.4 Å². The third-order valence-corrected chi connectivity index (χ3v) is 4.12. The van der Waals surface area contributed by atoms with Gasteiger partial charge in [0.1, 0.15) is 5.69 Å². The number of nitrogens with one attached hydrogen (secondary N) is 1. The molecular formula is C18H30N4O4-2. The molecule has 148 valence electrons. The van der Waals surface area contributed by atoms with E-state index in [0.29, 0.717) is 0 Å². The molecule has 26 heavy (non-hydrogen) atoms. The number of anilines is 3. The van der Waals surface area contributed by atoms with E-state index < -0.39 is 5.23 Å². The highest BCUT2D eigenvalue weighted by Crippen LogP contribution is 2.29. The van der Waals surface area contributed by atoms with Gasteiger partial charge in [0, 0.05) is 11.9 Å². The Balaban J connectivity index is 2.24. The topological polar surface area (TPSA) is 117 Å². The van der Waals surface area contributed by atoms with E-state index in [1.54, 1.807) is 6.21 Å². The van der Waals surface area contributed by atoms with Crippen molar-refractivity contribution in [3.63, 3.8) is 0 Å². The van der Waals surface area contributed by atoms with E-state index in [2.05, 4.69) is 17.5 Å². The summed E-state index contributed by atoms with van der Waals surface area (Å²) in [5, 5.41) is 43.1. The quantitative estimate of drug-likeness (QED) is 0.229. The molecule has 0 aliphatic rings. The minimum atomic E-state index is -0.607. The van der Waals surface area contributed by atoms with Crippen molar-refractivity contribution in [2.45, 2.75) is 71.1 Å². The zero-order valence-corrected chi connectivity index (χ0v) is 15.4. The molecule has 8 heteroatoms. The van der Waals surface area contributed by atoms with E-state index in [-0.39, 0.29) is 22.3 Å². The van der Waals surface area contributed by atoms with E-state index in [1.165, 1.54) is 63.5 Å². The number of benzene rings is 1. The maximum Gasteiger partial charge on any atom is 0.121 e. The molecule has 1 aromatic carbocycles. The van der Waals surface area contributed by atoms with Gasteiger partial charge in [-0.1, -0.05) is 58.3 Å². The molecule has 0 aromatic heterocycles. The van der Waals surface area contributed by atoms with Crippen LogP contribution in [0.3, 0.4) is 0 Å². The number of nitrogens with zero attached hydrogens (tertiary/aromatic N) is 3. The third kappa shape index (κ3) is 9.00. The lowest BCUT2D eigenvalue weighted by atomic mass is 10.1. The summed E-state index contributed by atoms with van der Waals surface area (Å²) in [6, 6.07) is 3.70. The van der Waals surface area contributed by atoms with Crippen LogP contribution in [0.15, 0.2) is 23.3 Å². The summed E-state index contributed by atoms with van der Waals surface area (Å²) in [7, 11) is 0. The third-order valence-electron chi connectivity index (χ3n) is 4.12. The zero-order valence-electron chi connectivity index (χ0n) is 15.4. The van der Waals surface area contributed by atoms with Crippen molar-refractivity contribution in [1.82, 2.24) is 0 Å². The van der Waals surface area contributed by atoms with Crippen molar-refractivity contribution in [2.75, 3.05) is 15.9 Å². The summed E-state index contributed by atoms with van der Waals surface area (Å²) in [4.78, 5) is 0. The van der Waals surface area contributed by atoms with Crippen molar-refractivity contribution >= 4 is 23.3 Å². The average molecular weight is 366 g/mol. The summed E-state index contributed by atoms with van der Waals surface area (Å²) >= 11 is 0. The largest absolute Gasteiger partial charge is 0.769 e. The van der Waals surface area contributed by atoms with Gasteiger partial charge in [-0.25, -0.2) is 0 Å². The Morgan fingerprint density at radius 1 is 1.00 bits per heavy atom. The predicted octanol–water partition coefficient (Wildman–Crippen LogP) is 5.39. The van der Waals surface area contributed by atoms with Gasteiger partial charge in [0.2, 0.25) is 0 Å². The Hall–Kier alpha value is -1.87. The number of hydrazone groups is 1. The molecule has 0 spiro atoms. The van der Waals surface area contributed by atoms with Gasteiger partial charge < -0.3 is 15.6 Å². The zero-order chi connectivity index (χ0) is 19.2. The Kier molecular flexibility index (Phi) is 11.4. The lowest BCUT2D eigenvalue weighted by Gasteiger charge is -2.37. The molecule has 0 amide bonds. The van der Waals surface area contributed by atoms with E-state index >= 15 is 0 Å². The fraction of sp³-hybridized carbons (Fsp3) is 0.611. The molecule has 0 aliphatic carbocycles. The molecule has 0 unspecified atom stereocenters. The first-order valence-corrected chi connectivity index (χ1v) is 9.30. The van der Waals surface area contributed by atoms with Crippen LogP contribution in [0.1, 0.15) is 71.1 Å². The highest BCUT2D eigenvalue weighted by Gasteiger charge is 2.07. The molecule has 3 N–H and O–H groups in total. The number of hydrogen-bond acceptors (Lipinski definition) is 8. The van der Waals surface area contributed by atoms with Crippen LogP contribution in [0.2, 0.25) is 0 Å². The van der Waals surface area contributed by atoms with E-state index in [9.17, 15) is 20.8 Å². The van der Waals surface area contributed by atoms with Crippen LogP contribution in [0.4, 0.5) is 17.1 Å². The van der Waals surface area contributed by atoms with Gasteiger partial charge >= 0.3 is 0 Å². The number of unbranched alkanes of at least 4 members (excludes halogenated alkanes) is 9. The first kappa shape index (κ1) is 22.2. The molecule has 0 radical (unpaired) electrons. The molecule has 0 aliphatic heterocycles. The standard InChI is InChI=1S/C18H30N4O4/c1-2-3-4-5-6-7-8-9-10-11-14-19-20-17-13-12-16(21(23)24)15-18(17)22(25)26/h12-15,20,25-26H,2-11H2,1H3/q-2. The van der Waals surface area contributed by atoms with Crippen LogP contribution in [-0.4, -0.2) is 16.6 Å². The summed E-state index contributed by atoms with van der Waals surface area (Å²) in [6.07, 6.45) is 13.9. The molecule has 0 fully saturated rings. The fourth-order valence-electron chi connectivity index (χ4n) is 2.62. The molecule has 1 rings (SSSR count). The van der Waals surface area contributed by atoms with Crippen LogP contribution in [0.5, 0.6) is 0 Å². The number of hydrogen-bond donors (Lipinski definition) is 3. The van der Waals surface area contributed by atoms with E-state index in [4.69, 9.17) is 0 Å². The molecule has 0 bridgehead atoms. The maximum atomic E-state index is 10.7. The monoisotopic (exact) mass is 366 g/mol. The van der Waals surface area contributed by atoms with Gasteiger partial charge in [-0.05, 0) is 31.0 Å². The van der Waals surface area contributed by atoms with Crippen LogP contribution in [0.25, 0.3) is 0 Å². The van der Waals surface area contributed by atoms with Crippen molar-refractivity contribution in [1.29, 1.82) is 0 Å². The van der Waals surface area contributed by atoms with Crippen LogP contribution >= 0.6 is 0 Å². The molecule has 0 saturated heterocycles. The van der Waals surface area contributed by atoms with Crippen molar-refractivity contribution < 1.29 is 10.4 Å². The lowest BCUT2D eigenvalue weighted by molar-refractivity contribution is 0.0295. The summed E-state index contributed by atoms with van der Waals surface area (Å²) < 4.78 is 0. The predicted molar refractivity (Wildman–Crippen MR) is 106 cm³/mol. The summed E-state index contributed by atoms with van der Waals surface area (Å²) in [5.74, 6) is 0. The Labute approximate surface area is 155 Å². The van der Waals surface area contributed by atoms with Gasteiger partial charge in [0.05, 0.1) is 5.69 Å². The van der Waals surface area contributed by atoms with Crippen molar-refractivity contribution in [2.24, 2.45) is 5.10 Å². The lowest BCUT2D eigenvalue weighted by Crippen LogP contribution is -2.14. The normalized spacial score (nSPS) is 11.1. The Bertz CT molecular complexity index is 524. The highest BCUT2D eigenvalue weighted by atomic mass is 16.8. The fourth-order valence-corrected chi connectivity index (χ4v) is 2.62. The van der Waals surface area contributed by atoms with Crippen LogP contribution < -0.4 is 15.9 Å². The first-order chi connectivity index (χ1) is 12.6. The van der Waals surface area contributed by atoms with Gasteiger partial charge in [0.15, 0.2) is 0 Å². The molecule has 8 nitrogen and oxygen atoms in total. The number of rotatable bonds is 14. The van der Waals surface area contributed by atoms with Crippen LogP contribution in [-0.2, 0) is 0 Å². The summed E-state index contributed by atoms with van der Waals surface area (Å²) in [5.41, 5.74) is 2.57. The Morgan fingerprint density at radius 3 is 2.19 bits per heavy atom. The minimum Gasteiger partial charge on any atom is -0.769 e. The molecular weight excluding hydrogens is 336 g/mol. The molecule has 0 saturated carbocycles. The van der Waals surface area contributed by atoms with E-state index in [1.807, 2.05) is 0 Å². The second kappa shape index (κ2) is 13.3. The first-order valence-electron chi connectivity index (χ1n) is 9.30. The molecule has 0 heterocycles. The highest BCUT2D eigenvalue weighted by molar-refractivity contribution is 5.74. The van der Waals surface area contributed by atoms with Gasteiger partial charge in [-0.2, -0.15) is 5.10 Å². The SMILES string of the molecule is CCCCCCCCCCCC=NNc1ccc(N([O-])[O-])cc1N(O)O. The average Bonchev–Trinajstić information content (AvgIpc) is 2.62. The molecule has 1 aromatic rings. The van der Waals surface area contributed by atoms with Gasteiger partial charge in [0.25, 0.3) is 0 Å². The smallest absolute Gasteiger partial charge is 0.121 e.